The first-order valence-electron chi connectivity index (χ1n) is 7.62. The maximum atomic E-state index is 12.3. The molecule has 9 heteroatoms. The van der Waals surface area contributed by atoms with Crippen LogP contribution in [0.4, 0.5) is 5.69 Å². The molecular weight excluding hydrogens is 397 g/mol. The van der Waals surface area contributed by atoms with Gasteiger partial charge in [-0.3, -0.25) is 4.79 Å². The Morgan fingerprint density at radius 1 is 0.926 bits per heavy atom. The van der Waals surface area contributed by atoms with E-state index in [0.717, 1.165) is 0 Å². The largest absolute Gasteiger partial charge is 0.493 e. The Morgan fingerprint density at radius 2 is 1.63 bits per heavy atom. The molecule has 0 heterocycles. The van der Waals surface area contributed by atoms with Gasteiger partial charge < -0.3 is 24.3 Å². The van der Waals surface area contributed by atoms with Gasteiger partial charge >= 0.3 is 5.97 Å². The second kappa shape index (κ2) is 9.34. The molecule has 0 radical (unpaired) electrons. The molecule has 0 saturated carbocycles. The van der Waals surface area contributed by atoms with E-state index in [0.29, 0.717) is 21.5 Å². The van der Waals surface area contributed by atoms with Gasteiger partial charge in [0.05, 0.1) is 31.4 Å². The van der Waals surface area contributed by atoms with Gasteiger partial charge in [0.25, 0.3) is 5.91 Å². The van der Waals surface area contributed by atoms with Crippen molar-refractivity contribution < 1.29 is 28.5 Å². The molecule has 144 valence electrons. The number of carbonyl (C=O) groups is 2. The van der Waals surface area contributed by atoms with Gasteiger partial charge in [0.1, 0.15) is 5.56 Å². The fraction of sp³-hybridized carbons (Fsp3) is 0.222. The Kier molecular flexibility index (Phi) is 7.15. The zero-order valence-electron chi connectivity index (χ0n) is 14.8. The lowest BCUT2D eigenvalue weighted by Gasteiger charge is -2.15. The lowest BCUT2D eigenvalue weighted by molar-refractivity contribution is -0.119. The molecule has 0 bridgehead atoms. The summed E-state index contributed by atoms with van der Waals surface area (Å²) in [7, 11) is 4.26. The van der Waals surface area contributed by atoms with Gasteiger partial charge in [0, 0.05) is 5.69 Å². The second-order valence-electron chi connectivity index (χ2n) is 5.14. The smallest absolute Gasteiger partial charge is 0.342 e. The molecule has 0 unspecified atom stereocenters. The van der Waals surface area contributed by atoms with Crippen LogP contribution in [0.1, 0.15) is 10.4 Å². The number of halogens is 2. The molecule has 2 aromatic carbocycles. The molecule has 0 aromatic heterocycles. The molecule has 1 N–H and O–H groups in total. The van der Waals surface area contributed by atoms with Gasteiger partial charge in [-0.15, -0.1) is 0 Å². The summed E-state index contributed by atoms with van der Waals surface area (Å²) in [5, 5.41) is 3.21. The highest BCUT2D eigenvalue weighted by atomic mass is 35.5. The quantitative estimate of drug-likeness (QED) is 0.694. The molecule has 0 aliphatic rings. The Hall–Kier alpha value is -2.64. The molecule has 27 heavy (non-hydrogen) atoms. The van der Waals surface area contributed by atoms with E-state index < -0.39 is 18.5 Å². The van der Waals surface area contributed by atoms with Crippen LogP contribution < -0.4 is 19.5 Å². The SMILES string of the molecule is COc1ccc(C(=O)OCC(=O)Nc2ccc(Cl)c(Cl)c2)c(OC)c1OC. The van der Waals surface area contributed by atoms with E-state index in [9.17, 15) is 9.59 Å². The summed E-state index contributed by atoms with van der Waals surface area (Å²) in [6.45, 7) is -0.503. The summed E-state index contributed by atoms with van der Waals surface area (Å²) in [5.74, 6) is -0.511. The molecule has 0 aliphatic heterocycles. The summed E-state index contributed by atoms with van der Waals surface area (Å²) in [6, 6.07) is 7.60. The van der Waals surface area contributed by atoms with E-state index in [1.54, 1.807) is 12.1 Å². The van der Waals surface area contributed by atoms with Crippen LogP contribution in [-0.2, 0) is 9.53 Å². The summed E-state index contributed by atoms with van der Waals surface area (Å²) in [6.07, 6.45) is 0. The third-order valence-electron chi connectivity index (χ3n) is 3.46. The molecule has 2 aromatic rings. The van der Waals surface area contributed by atoms with Crippen LogP contribution in [0.3, 0.4) is 0 Å². The van der Waals surface area contributed by atoms with E-state index >= 15 is 0 Å². The highest BCUT2D eigenvalue weighted by Crippen LogP contribution is 2.39. The number of esters is 1. The summed E-state index contributed by atoms with van der Waals surface area (Å²) >= 11 is 11.7. The number of nitrogens with one attached hydrogen (secondary N) is 1. The average Bonchev–Trinajstić information content (AvgIpc) is 2.67. The number of hydrogen-bond donors (Lipinski definition) is 1. The van der Waals surface area contributed by atoms with Gasteiger partial charge in [-0.25, -0.2) is 4.79 Å². The Bertz CT molecular complexity index is 856. The number of ether oxygens (including phenoxy) is 4. The number of rotatable bonds is 7. The van der Waals surface area contributed by atoms with Crippen molar-refractivity contribution in [3.8, 4) is 17.2 Å². The number of methoxy groups -OCH3 is 3. The first-order valence-corrected chi connectivity index (χ1v) is 8.37. The van der Waals surface area contributed by atoms with Crippen molar-refractivity contribution in [3.63, 3.8) is 0 Å². The second-order valence-corrected chi connectivity index (χ2v) is 5.95. The minimum atomic E-state index is -0.753. The minimum Gasteiger partial charge on any atom is -0.493 e. The predicted octanol–water partition coefficient (Wildman–Crippen LogP) is 3.81. The molecule has 0 saturated heterocycles. The zero-order valence-corrected chi connectivity index (χ0v) is 16.3. The molecule has 7 nitrogen and oxygen atoms in total. The molecule has 0 spiro atoms. The average molecular weight is 414 g/mol. The van der Waals surface area contributed by atoms with Gasteiger partial charge in [-0.1, -0.05) is 23.2 Å². The third kappa shape index (κ3) is 4.96. The van der Waals surface area contributed by atoms with Crippen LogP contribution in [0, 0.1) is 0 Å². The summed E-state index contributed by atoms with van der Waals surface area (Å²) < 4.78 is 20.6. The Labute approximate surface area is 166 Å². The number of hydrogen-bond acceptors (Lipinski definition) is 6. The number of carbonyl (C=O) groups excluding carboxylic acids is 2. The fourth-order valence-corrected chi connectivity index (χ4v) is 2.54. The summed E-state index contributed by atoms with van der Waals surface area (Å²) in [5.41, 5.74) is 0.520. The molecule has 1 amide bonds. The highest BCUT2D eigenvalue weighted by molar-refractivity contribution is 6.42. The van der Waals surface area contributed by atoms with Crippen molar-refractivity contribution in [2.75, 3.05) is 33.3 Å². The lowest BCUT2D eigenvalue weighted by Crippen LogP contribution is -2.21. The monoisotopic (exact) mass is 413 g/mol. The van der Waals surface area contributed by atoms with Gasteiger partial charge in [-0.05, 0) is 30.3 Å². The summed E-state index contributed by atoms with van der Waals surface area (Å²) in [4.78, 5) is 24.3. The number of benzene rings is 2. The van der Waals surface area contributed by atoms with Crippen molar-refractivity contribution in [2.45, 2.75) is 0 Å². The normalized spacial score (nSPS) is 10.1. The molecule has 2 rings (SSSR count). The minimum absolute atomic E-state index is 0.0949. The van der Waals surface area contributed by atoms with Crippen LogP contribution in [0.25, 0.3) is 0 Å². The van der Waals surface area contributed by atoms with Gasteiger partial charge in [0.2, 0.25) is 5.75 Å². The molecule has 0 atom stereocenters. The van der Waals surface area contributed by atoms with Crippen LogP contribution >= 0.6 is 23.2 Å². The lowest BCUT2D eigenvalue weighted by atomic mass is 10.1. The zero-order chi connectivity index (χ0) is 20.0. The molecular formula is C18H17Cl2NO6. The van der Waals surface area contributed by atoms with E-state index in [2.05, 4.69) is 5.32 Å². The van der Waals surface area contributed by atoms with E-state index in [4.69, 9.17) is 42.1 Å². The van der Waals surface area contributed by atoms with E-state index in [-0.39, 0.29) is 17.1 Å². The van der Waals surface area contributed by atoms with Crippen LogP contribution in [0.2, 0.25) is 10.0 Å². The van der Waals surface area contributed by atoms with Crippen molar-refractivity contribution in [3.05, 3.63) is 45.9 Å². The highest BCUT2D eigenvalue weighted by Gasteiger charge is 2.22. The van der Waals surface area contributed by atoms with E-state index in [1.807, 2.05) is 0 Å². The first kappa shape index (κ1) is 20.7. The fourth-order valence-electron chi connectivity index (χ4n) is 2.24. The van der Waals surface area contributed by atoms with Gasteiger partial charge in [0.15, 0.2) is 18.1 Å². The third-order valence-corrected chi connectivity index (χ3v) is 4.20. The number of anilines is 1. The van der Waals surface area contributed by atoms with Crippen LogP contribution in [0.5, 0.6) is 17.2 Å². The van der Waals surface area contributed by atoms with E-state index in [1.165, 1.54) is 39.5 Å². The van der Waals surface area contributed by atoms with Crippen molar-refractivity contribution in [2.24, 2.45) is 0 Å². The van der Waals surface area contributed by atoms with Crippen molar-refractivity contribution in [1.82, 2.24) is 0 Å². The van der Waals surface area contributed by atoms with Crippen LogP contribution in [0.15, 0.2) is 30.3 Å². The van der Waals surface area contributed by atoms with Crippen LogP contribution in [-0.4, -0.2) is 39.8 Å². The molecule has 0 aliphatic carbocycles. The maximum absolute atomic E-state index is 12.3. The standard InChI is InChI=1S/C18H17Cl2NO6/c1-24-14-7-5-11(16(25-2)17(14)26-3)18(23)27-9-15(22)21-10-4-6-12(19)13(20)8-10/h4-8H,9H2,1-3H3,(H,21,22). The topological polar surface area (TPSA) is 83.1 Å². The number of amides is 1. The molecule has 0 fully saturated rings. The van der Waals surface area contributed by atoms with Gasteiger partial charge in [-0.2, -0.15) is 0 Å². The van der Waals surface area contributed by atoms with Crippen molar-refractivity contribution in [1.29, 1.82) is 0 Å². The first-order chi connectivity index (χ1) is 12.9. The van der Waals surface area contributed by atoms with Crippen molar-refractivity contribution >= 4 is 40.8 Å². The predicted molar refractivity (Wildman–Crippen MR) is 101 cm³/mol. The Balaban J connectivity index is 2.06. The Morgan fingerprint density at radius 3 is 2.22 bits per heavy atom. The maximum Gasteiger partial charge on any atom is 0.342 e.